The Morgan fingerprint density at radius 3 is 2.13 bits per heavy atom. The fourth-order valence-corrected chi connectivity index (χ4v) is 4.31. The molecule has 0 aliphatic rings. The van der Waals surface area contributed by atoms with Crippen molar-refractivity contribution in [1.29, 1.82) is 0 Å². The third-order valence-electron chi connectivity index (χ3n) is 2.37. The second kappa shape index (κ2) is 5.99. The van der Waals surface area contributed by atoms with E-state index in [1.807, 2.05) is 0 Å². The lowest BCUT2D eigenvalue weighted by Gasteiger charge is -2.31. The lowest BCUT2D eigenvalue weighted by Crippen LogP contribution is -2.51. The van der Waals surface area contributed by atoms with Gasteiger partial charge in [-0.15, -0.1) is 0 Å². The standard InChI is InChI=1S/C7H17F3O3Si2/c1-11-6(4-5-7(8,9)10)15(3,12-2)13-14/h6H,4-5H2,1-3,14H3. The first-order valence-electron chi connectivity index (χ1n) is 4.49. The summed E-state index contributed by atoms with van der Waals surface area (Å²) in [4.78, 5) is 0. The molecule has 0 radical (unpaired) electrons. The van der Waals surface area contributed by atoms with Crippen LogP contribution in [0.15, 0.2) is 0 Å². The molecule has 0 spiro atoms. The van der Waals surface area contributed by atoms with Gasteiger partial charge in [0.1, 0.15) is 10.5 Å². The lowest BCUT2D eigenvalue weighted by molar-refractivity contribution is -0.139. The summed E-state index contributed by atoms with van der Waals surface area (Å²) in [5.41, 5.74) is -0.582. The second-order valence-corrected chi connectivity index (χ2v) is 8.02. The van der Waals surface area contributed by atoms with E-state index < -0.39 is 26.9 Å². The van der Waals surface area contributed by atoms with Gasteiger partial charge >= 0.3 is 14.7 Å². The molecule has 0 amide bonds. The maximum Gasteiger partial charge on any atom is 0.389 e. The van der Waals surface area contributed by atoms with Crippen LogP contribution in [-0.4, -0.2) is 45.2 Å². The lowest BCUT2D eigenvalue weighted by atomic mass is 10.3. The first-order chi connectivity index (χ1) is 6.79. The van der Waals surface area contributed by atoms with Crippen LogP contribution in [0.5, 0.6) is 0 Å². The molecular formula is C7H17F3O3Si2. The van der Waals surface area contributed by atoms with Gasteiger partial charge in [-0.2, -0.15) is 13.2 Å². The maximum absolute atomic E-state index is 12.0. The molecule has 0 saturated heterocycles. The van der Waals surface area contributed by atoms with Crippen LogP contribution in [0.25, 0.3) is 0 Å². The molecular weight excluding hydrogens is 245 g/mol. The van der Waals surface area contributed by atoms with Crippen molar-refractivity contribution < 1.29 is 26.4 Å². The Hall–Kier alpha value is 0.104. The third kappa shape index (κ3) is 5.11. The predicted molar refractivity (Wildman–Crippen MR) is 55.7 cm³/mol. The number of methoxy groups -OCH3 is 1. The van der Waals surface area contributed by atoms with E-state index in [4.69, 9.17) is 13.3 Å². The smallest absolute Gasteiger partial charge is 0.389 e. The molecule has 0 heterocycles. The zero-order chi connectivity index (χ0) is 12.1. The monoisotopic (exact) mass is 262 g/mol. The summed E-state index contributed by atoms with van der Waals surface area (Å²) in [6.45, 7) is 1.71. The number of halogens is 3. The second-order valence-electron chi connectivity index (χ2n) is 3.30. The van der Waals surface area contributed by atoms with Gasteiger partial charge < -0.3 is 13.3 Å². The fourth-order valence-electron chi connectivity index (χ4n) is 1.24. The average Bonchev–Trinajstić information content (AvgIpc) is 2.16. The first kappa shape index (κ1) is 15.1. The molecule has 0 saturated carbocycles. The molecule has 0 N–H and O–H groups in total. The van der Waals surface area contributed by atoms with Crippen LogP contribution in [0, 0.1) is 0 Å². The quantitative estimate of drug-likeness (QED) is 0.666. The first-order valence-corrected chi connectivity index (χ1v) is 7.70. The van der Waals surface area contributed by atoms with Crippen LogP contribution in [0.1, 0.15) is 12.8 Å². The van der Waals surface area contributed by atoms with E-state index in [1.165, 1.54) is 14.2 Å². The number of hydrogen-bond acceptors (Lipinski definition) is 3. The highest BCUT2D eigenvalue weighted by molar-refractivity contribution is 6.70. The molecule has 0 aromatic heterocycles. The minimum Gasteiger partial charge on any atom is -0.443 e. The van der Waals surface area contributed by atoms with Crippen molar-refractivity contribution >= 4 is 19.0 Å². The highest BCUT2D eigenvalue weighted by Crippen LogP contribution is 2.26. The summed E-state index contributed by atoms with van der Waals surface area (Å²) >= 11 is 0. The molecule has 3 nitrogen and oxygen atoms in total. The number of hydrogen-bond donors (Lipinski definition) is 0. The van der Waals surface area contributed by atoms with E-state index in [0.717, 1.165) is 0 Å². The van der Waals surface area contributed by atoms with Gasteiger partial charge in [0.05, 0.1) is 5.73 Å². The van der Waals surface area contributed by atoms with Crippen molar-refractivity contribution in [2.24, 2.45) is 0 Å². The van der Waals surface area contributed by atoms with E-state index in [2.05, 4.69) is 0 Å². The Labute approximate surface area is 91.7 Å². The van der Waals surface area contributed by atoms with Crippen molar-refractivity contribution in [2.75, 3.05) is 14.2 Å². The van der Waals surface area contributed by atoms with E-state index in [-0.39, 0.29) is 6.42 Å². The molecule has 8 heteroatoms. The van der Waals surface area contributed by atoms with Crippen LogP contribution in [0.4, 0.5) is 13.2 Å². The van der Waals surface area contributed by atoms with Crippen LogP contribution in [0.2, 0.25) is 6.55 Å². The molecule has 0 rings (SSSR count). The van der Waals surface area contributed by atoms with Gasteiger partial charge in [0.2, 0.25) is 0 Å². The van der Waals surface area contributed by atoms with E-state index in [0.29, 0.717) is 10.5 Å². The molecule has 15 heavy (non-hydrogen) atoms. The van der Waals surface area contributed by atoms with E-state index in [9.17, 15) is 13.2 Å². The minimum atomic E-state index is -4.16. The van der Waals surface area contributed by atoms with Crippen LogP contribution in [0.3, 0.4) is 0 Å². The number of ether oxygens (including phenoxy) is 1. The molecule has 0 fully saturated rings. The van der Waals surface area contributed by atoms with Gasteiger partial charge in [0, 0.05) is 20.6 Å². The van der Waals surface area contributed by atoms with Crippen LogP contribution >= 0.6 is 0 Å². The van der Waals surface area contributed by atoms with Gasteiger partial charge in [0.25, 0.3) is 0 Å². The Bertz CT molecular complexity index is 185. The topological polar surface area (TPSA) is 27.7 Å². The van der Waals surface area contributed by atoms with Gasteiger partial charge in [-0.1, -0.05) is 0 Å². The van der Waals surface area contributed by atoms with E-state index in [1.54, 1.807) is 6.55 Å². The van der Waals surface area contributed by atoms with Crippen molar-refractivity contribution in [2.45, 2.75) is 31.3 Å². The highest BCUT2D eigenvalue weighted by Gasteiger charge is 2.41. The largest absolute Gasteiger partial charge is 0.443 e. The summed E-state index contributed by atoms with van der Waals surface area (Å²) in [5, 5.41) is 0. The predicted octanol–water partition coefficient (Wildman–Crippen LogP) is 0.898. The third-order valence-corrected chi connectivity index (χ3v) is 8.12. The molecule has 0 aromatic rings. The van der Waals surface area contributed by atoms with Gasteiger partial charge in [0.15, 0.2) is 0 Å². The summed E-state index contributed by atoms with van der Waals surface area (Å²) in [6.07, 6.45) is -5.15. The minimum absolute atomic E-state index is 0.112. The molecule has 0 aliphatic carbocycles. The van der Waals surface area contributed by atoms with Crippen molar-refractivity contribution in [3.05, 3.63) is 0 Å². The van der Waals surface area contributed by atoms with Gasteiger partial charge in [-0.25, -0.2) is 0 Å². The Morgan fingerprint density at radius 1 is 1.33 bits per heavy atom. The molecule has 2 atom stereocenters. The Balaban J connectivity index is 4.35. The zero-order valence-electron chi connectivity index (χ0n) is 9.35. The molecule has 92 valence electrons. The summed E-state index contributed by atoms with van der Waals surface area (Å²) in [5.74, 6) is 0. The maximum atomic E-state index is 12.0. The van der Waals surface area contributed by atoms with Crippen molar-refractivity contribution in [3.63, 3.8) is 0 Å². The molecule has 0 aliphatic heterocycles. The normalized spacial score (nSPS) is 18.8. The summed E-state index contributed by atoms with van der Waals surface area (Å²) < 4.78 is 51.6. The number of rotatable bonds is 6. The van der Waals surface area contributed by atoms with Crippen molar-refractivity contribution in [3.8, 4) is 0 Å². The zero-order valence-corrected chi connectivity index (χ0v) is 12.4. The fraction of sp³-hybridized carbons (Fsp3) is 1.00. The van der Waals surface area contributed by atoms with Crippen LogP contribution in [-0.2, 0) is 13.3 Å². The highest BCUT2D eigenvalue weighted by atomic mass is 28.4. The van der Waals surface area contributed by atoms with Crippen LogP contribution < -0.4 is 0 Å². The SMILES string of the molecule is COC(CCC(F)(F)F)[Si](C)(OC)O[SiH3]. The average molecular weight is 262 g/mol. The Morgan fingerprint density at radius 2 is 1.87 bits per heavy atom. The van der Waals surface area contributed by atoms with Crippen molar-refractivity contribution in [1.82, 2.24) is 0 Å². The molecule has 0 aromatic carbocycles. The van der Waals surface area contributed by atoms with E-state index >= 15 is 0 Å². The van der Waals surface area contributed by atoms with Gasteiger partial charge in [-0.3, -0.25) is 0 Å². The number of alkyl halides is 3. The Kier molecular flexibility index (Phi) is 6.03. The summed E-state index contributed by atoms with van der Waals surface area (Å²) in [7, 11) is 0.673. The molecule has 2 unspecified atom stereocenters. The molecule has 0 bridgehead atoms. The van der Waals surface area contributed by atoms with Gasteiger partial charge in [-0.05, 0) is 13.0 Å². The summed E-state index contributed by atoms with van der Waals surface area (Å²) in [6, 6.07) is 0.